The first-order valence-corrected chi connectivity index (χ1v) is 7.22. The zero-order chi connectivity index (χ0) is 15.9. The number of anilines is 1. The molecule has 2 aliphatic heterocycles. The van der Waals surface area contributed by atoms with Crippen molar-refractivity contribution in [2.75, 3.05) is 18.6 Å². The van der Waals surface area contributed by atoms with Crippen LogP contribution in [-0.4, -0.2) is 36.5 Å². The summed E-state index contributed by atoms with van der Waals surface area (Å²) < 4.78 is 32.3. The molecule has 1 unspecified atom stereocenters. The van der Waals surface area contributed by atoms with E-state index in [9.17, 15) is 18.4 Å². The van der Waals surface area contributed by atoms with E-state index >= 15 is 0 Å². The van der Waals surface area contributed by atoms with Crippen LogP contribution in [0.1, 0.15) is 25.7 Å². The fourth-order valence-corrected chi connectivity index (χ4v) is 3.07. The standard InChI is InChI=1S/C15H16F2N2O3/c1-22-13-10(16)7-9(8-11(13)17)19-14(20)12-5-3-2-4-6-18(12)15(19)21/h7-8,12H,2-6H2,1H3. The van der Waals surface area contributed by atoms with Crippen LogP contribution in [0.4, 0.5) is 19.3 Å². The second-order valence-corrected chi connectivity index (χ2v) is 5.46. The van der Waals surface area contributed by atoms with Gasteiger partial charge in [0, 0.05) is 18.7 Å². The van der Waals surface area contributed by atoms with Gasteiger partial charge in [0.05, 0.1) is 12.8 Å². The first-order chi connectivity index (χ1) is 10.5. The summed E-state index contributed by atoms with van der Waals surface area (Å²) in [4.78, 5) is 27.3. The zero-order valence-electron chi connectivity index (χ0n) is 12.1. The Hall–Kier alpha value is -2.18. The lowest BCUT2D eigenvalue weighted by atomic mass is 10.1. The quantitative estimate of drug-likeness (QED) is 0.789. The number of methoxy groups -OCH3 is 1. The number of carbonyl (C=O) groups excluding carboxylic acids is 2. The predicted octanol–water partition coefficient (Wildman–Crippen LogP) is 2.68. The van der Waals surface area contributed by atoms with Crippen LogP contribution in [0.15, 0.2) is 12.1 Å². The molecule has 0 aliphatic carbocycles. The fraction of sp³-hybridized carbons (Fsp3) is 0.467. The molecule has 0 radical (unpaired) electrons. The van der Waals surface area contributed by atoms with Crippen molar-refractivity contribution in [1.29, 1.82) is 0 Å². The van der Waals surface area contributed by atoms with Gasteiger partial charge in [0.2, 0.25) is 0 Å². The highest BCUT2D eigenvalue weighted by Gasteiger charge is 2.46. The number of urea groups is 1. The highest BCUT2D eigenvalue weighted by atomic mass is 19.1. The van der Waals surface area contributed by atoms with Gasteiger partial charge in [0.1, 0.15) is 6.04 Å². The second-order valence-electron chi connectivity index (χ2n) is 5.46. The molecule has 3 amide bonds. The maximum absolute atomic E-state index is 13.8. The van der Waals surface area contributed by atoms with Crippen molar-refractivity contribution in [3.8, 4) is 5.75 Å². The van der Waals surface area contributed by atoms with Crippen LogP contribution in [0, 0.1) is 11.6 Å². The molecule has 2 saturated heterocycles. The second kappa shape index (κ2) is 5.55. The third-order valence-corrected chi connectivity index (χ3v) is 4.14. The Kier molecular flexibility index (Phi) is 3.72. The van der Waals surface area contributed by atoms with Gasteiger partial charge in [0.25, 0.3) is 5.91 Å². The lowest BCUT2D eigenvalue weighted by Gasteiger charge is -2.18. The Morgan fingerprint density at radius 2 is 1.82 bits per heavy atom. The highest BCUT2D eigenvalue weighted by Crippen LogP contribution is 2.33. The molecule has 2 fully saturated rings. The first-order valence-electron chi connectivity index (χ1n) is 7.22. The molecule has 2 aliphatic rings. The highest BCUT2D eigenvalue weighted by molar-refractivity contribution is 6.21. The minimum atomic E-state index is -0.944. The van der Waals surface area contributed by atoms with Crippen LogP contribution in [0.3, 0.4) is 0 Å². The van der Waals surface area contributed by atoms with E-state index in [4.69, 9.17) is 0 Å². The number of rotatable bonds is 2. The van der Waals surface area contributed by atoms with Gasteiger partial charge in [0.15, 0.2) is 17.4 Å². The lowest BCUT2D eigenvalue weighted by Crippen LogP contribution is -2.34. The number of nitrogens with zero attached hydrogens (tertiary/aromatic N) is 2. The SMILES string of the molecule is COc1c(F)cc(N2C(=O)C3CCCCCN3C2=O)cc1F. The Balaban J connectivity index is 1.98. The molecule has 2 heterocycles. The number of hydrogen-bond acceptors (Lipinski definition) is 3. The first kappa shape index (κ1) is 14.7. The largest absolute Gasteiger partial charge is 0.491 e. The molecule has 0 N–H and O–H groups in total. The number of ether oxygens (including phenoxy) is 1. The van der Waals surface area contributed by atoms with Crippen LogP contribution in [0.5, 0.6) is 5.75 Å². The fourth-order valence-electron chi connectivity index (χ4n) is 3.07. The summed E-state index contributed by atoms with van der Waals surface area (Å²) in [5.74, 6) is -2.84. The molecule has 1 atom stereocenters. The van der Waals surface area contributed by atoms with E-state index < -0.39 is 35.4 Å². The average Bonchev–Trinajstić information content (AvgIpc) is 2.66. The number of hydrogen-bond donors (Lipinski definition) is 0. The van der Waals surface area contributed by atoms with Gasteiger partial charge < -0.3 is 9.64 Å². The Morgan fingerprint density at radius 1 is 1.14 bits per heavy atom. The number of halogens is 2. The smallest absolute Gasteiger partial charge is 0.332 e. The molecule has 1 aromatic rings. The number of fused-ring (bicyclic) bond motifs is 1. The predicted molar refractivity (Wildman–Crippen MR) is 74.8 cm³/mol. The molecule has 1 aromatic carbocycles. The lowest BCUT2D eigenvalue weighted by molar-refractivity contribution is -0.119. The molecule has 22 heavy (non-hydrogen) atoms. The molecule has 0 bridgehead atoms. The number of benzene rings is 1. The Bertz CT molecular complexity index is 588. The molecule has 118 valence electrons. The van der Waals surface area contributed by atoms with E-state index in [1.807, 2.05) is 0 Å². The summed E-state index contributed by atoms with van der Waals surface area (Å²) in [5, 5.41) is 0. The maximum atomic E-state index is 13.8. The summed E-state index contributed by atoms with van der Waals surface area (Å²) in [5.41, 5.74) is -0.0983. The van der Waals surface area contributed by atoms with Gasteiger partial charge in [-0.2, -0.15) is 0 Å². The van der Waals surface area contributed by atoms with Crippen molar-refractivity contribution in [2.24, 2.45) is 0 Å². The van der Waals surface area contributed by atoms with Gasteiger partial charge >= 0.3 is 6.03 Å². The summed E-state index contributed by atoms with van der Waals surface area (Å²) in [6.07, 6.45) is 3.25. The summed E-state index contributed by atoms with van der Waals surface area (Å²) in [6.45, 7) is 0.493. The topological polar surface area (TPSA) is 49.9 Å². The minimum absolute atomic E-state index is 0.0983. The molecule has 0 saturated carbocycles. The zero-order valence-corrected chi connectivity index (χ0v) is 12.1. The monoisotopic (exact) mass is 310 g/mol. The van der Waals surface area contributed by atoms with E-state index in [-0.39, 0.29) is 5.69 Å². The van der Waals surface area contributed by atoms with E-state index in [1.54, 1.807) is 0 Å². The van der Waals surface area contributed by atoms with Crippen LogP contribution in [0.2, 0.25) is 0 Å². The minimum Gasteiger partial charge on any atom is -0.491 e. The van der Waals surface area contributed by atoms with Crippen LogP contribution in [0.25, 0.3) is 0 Å². The third-order valence-electron chi connectivity index (χ3n) is 4.14. The molecule has 3 rings (SSSR count). The Labute approximate surface area is 126 Å². The molecule has 0 aromatic heterocycles. The molecule has 7 heteroatoms. The van der Waals surface area contributed by atoms with Gasteiger partial charge in [-0.25, -0.2) is 18.5 Å². The van der Waals surface area contributed by atoms with E-state index in [0.717, 1.165) is 43.4 Å². The van der Waals surface area contributed by atoms with Gasteiger partial charge in [-0.15, -0.1) is 0 Å². The van der Waals surface area contributed by atoms with E-state index in [1.165, 1.54) is 4.90 Å². The summed E-state index contributed by atoms with van der Waals surface area (Å²) in [7, 11) is 1.15. The molecule has 5 nitrogen and oxygen atoms in total. The van der Waals surface area contributed by atoms with Crippen LogP contribution in [-0.2, 0) is 4.79 Å². The van der Waals surface area contributed by atoms with Crippen molar-refractivity contribution in [2.45, 2.75) is 31.7 Å². The van der Waals surface area contributed by atoms with Gasteiger partial charge in [-0.1, -0.05) is 12.8 Å². The Morgan fingerprint density at radius 3 is 2.45 bits per heavy atom. The van der Waals surface area contributed by atoms with Crippen molar-refractivity contribution >= 4 is 17.6 Å². The third kappa shape index (κ3) is 2.20. The van der Waals surface area contributed by atoms with Crippen molar-refractivity contribution < 1.29 is 23.1 Å². The maximum Gasteiger partial charge on any atom is 0.332 e. The number of amides is 3. The summed E-state index contributed by atoms with van der Waals surface area (Å²) >= 11 is 0. The molecule has 0 spiro atoms. The number of imide groups is 1. The van der Waals surface area contributed by atoms with Crippen molar-refractivity contribution in [3.63, 3.8) is 0 Å². The normalized spacial score (nSPS) is 21.9. The van der Waals surface area contributed by atoms with Crippen LogP contribution < -0.4 is 9.64 Å². The van der Waals surface area contributed by atoms with Gasteiger partial charge in [-0.3, -0.25) is 4.79 Å². The van der Waals surface area contributed by atoms with E-state index in [2.05, 4.69) is 4.74 Å². The van der Waals surface area contributed by atoms with Crippen molar-refractivity contribution in [3.05, 3.63) is 23.8 Å². The van der Waals surface area contributed by atoms with Crippen molar-refractivity contribution in [1.82, 2.24) is 4.90 Å². The van der Waals surface area contributed by atoms with Crippen LogP contribution >= 0.6 is 0 Å². The molecular formula is C15H16F2N2O3. The average molecular weight is 310 g/mol. The summed E-state index contributed by atoms with van der Waals surface area (Å²) in [6, 6.07) is 0.859. The van der Waals surface area contributed by atoms with E-state index in [0.29, 0.717) is 13.0 Å². The number of carbonyl (C=O) groups is 2. The molecular weight excluding hydrogens is 294 g/mol. The van der Waals surface area contributed by atoms with Gasteiger partial charge in [-0.05, 0) is 12.8 Å².